The van der Waals surface area contributed by atoms with Gasteiger partial charge in [-0.2, -0.15) is 13.2 Å². The number of sulfonamides is 1. The molecule has 6 nitrogen and oxygen atoms in total. The lowest BCUT2D eigenvalue weighted by Gasteiger charge is -2.13. The van der Waals surface area contributed by atoms with Crippen LogP contribution in [0.5, 0.6) is 0 Å². The maximum Gasteiger partial charge on any atom is 0.416 e. The number of guanidine groups is 1. The van der Waals surface area contributed by atoms with Crippen molar-refractivity contribution >= 4 is 40.0 Å². The van der Waals surface area contributed by atoms with Gasteiger partial charge >= 0.3 is 6.18 Å². The number of hydrogen-bond donors (Lipinski definition) is 2. The predicted octanol–water partition coefficient (Wildman–Crippen LogP) is 3.83. The summed E-state index contributed by atoms with van der Waals surface area (Å²) in [4.78, 5) is 4.64. The van der Waals surface area contributed by atoms with E-state index in [1.54, 1.807) is 12.1 Å². The van der Waals surface area contributed by atoms with E-state index in [1.807, 2.05) is 6.92 Å². The Morgan fingerprint density at radius 1 is 0.968 bits per heavy atom. The summed E-state index contributed by atoms with van der Waals surface area (Å²) in [5, 5.41) is 6.14. The molecular formula is C20H26F3IN4O2S. The SMILES string of the molecule is CCNC(=NCc1ccc(S(=O)(=O)N(C)C)cc1)NCc1ccc(C(F)(F)F)cc1.I. The molecule has 31 heavy (non-hydrogen) atoms. The van der Waals surface area contributed by atoms with Crippen LogP contribution >= 0.6 is 24.0 Å². The molecule has 0 saturated heterocycles. The Labute approximate surface area is 198 Å². The molecule has 2 rings (SSSR count). The van der Waals surface area contributed by atoms with E-state index in [0.29, 0.717) is 31.2 Å². The molecule has 0 aliphatic heterocycles. The molecule has 2 N–H and O–H groups in total. The Morgan fingerprint density at radius 3 is 2.00 bits per heavy atom. The fraction of sp³-hybridized carbons (Fsp3) is 0.350. The average Bonchev–Trinajstić information content (AvgIpc) is 2.70. The fourth-order valence-electron chi connectivity index (χ4n) is 2.49. The Morgan fingerprint density at radius 2 is 1.52 bits per heavy atom. The van der Waals surface area contributed by atoms with Gasteiger partial charge in [-0.25, -0.2) is 17.7 Å². The molecule has 2 aromatic rings. The summed E-state index contributed by atoms with van der Waals surface area (Å²) in [6.07, 6.45) is -4.36. The van der Waals surface area contributed by atoms with Crippen LogP contribution in [0.4, 0.5) is 13.2 Å². The Kier molecular flexibility index (Phi) is 10.2. The van der Waals surface area contributed by atoms with Crippen molar-refractivity contribution in [1.29, 1.82) is 0 Å². The molecule has 0 aromatic heterocycles. The first-order valence-corrected chi connectivity index (χ1v) is 10.7. The fourth-order valence-corrected chi connectivity index (χ4v) is 3.39. The minimum Gasteiger partial charge on any atom is -0.357 e. The van der Waals surface area contributed by atoms with Crippen LogP contribution in [0.3, 0.4) is 0 Å². The summed E-state index contributed by atoms with van der Waals surface area (Å²) in [5.74, 6) is 0.502. The quantitative estimate of drug-likeness (QED) is 0.302. The van der Waals surface area contributed by atoms with Crippen LogP contribution in [0, 0.1) is 0 Å². The smallest absolute Gasteiger partial charge is 0.357 e. The molecular weight excluding hydrogens is 544 g/mol. The second-order valence-electron chi connectivity index (χ2n) is 6.67. The highest BCUT2D eigenvalue weighted by atomic mass is 127. The largest absolute Gasteiger partial charge is 0.416 e. The van der Waals surface area contributed by atoms with Gasteiger partial charge in [0.25, 0.3) is 0 Å². The van der Waals surface area contributed by atoms with Gasteiger partial charge < -0.3 is 10.6 Å². The van der Waals surface area contributed by atoms with Gasteiger partial charge in [0.05, 0.1) is 17.0 Å². The molecule has 0 aliphatic carbocycles. The monoisotopic (exact) mass is 570 g/mol. The van der Waals surface area contributed by atoms with Crippen LogP contribution in [-0.2, 0) is 29.3 Å². The van der Waals surface area contributed by atoms with E-state index >= 15 is 0 Å². The minimum absolute atomic E-state index is 0. The Hall–Kier alpha value is -1.86. The second kappa shape index (κ2) is 11.7. The predicted molar refractivity (Wildman–Crippen MR) is 126 cm³/mol. The van der Waals surface area contributed by atoms with Crippen LogP contribution < -0.4 is 10.6 Å². The molecule has 0 fully saturated rings. The maximum absolute atomic E-state index is 12.6. The first-order chi connectivity index (χ1) is 14.0. The van der Waals surface area contributed by atoms with Gasteiger partial charge in [-0.15, -0.1) is 24.0 Å². The zero-order valence-corrected chi connectivity index (χ0v) is 20.5. The summed E-state index contributed by atoms with van der Waals surface area (Å²) < 4.78 is 63.3. The normalized spacial score (nSPS) is 12.4. The van der Waals surface area contributed by atoms with Crippen molar-refractivity contribution in [2.75, 3.05) is 20.6 Å². The standard InChI is InChI=1S/C20H25F3N4O2S.HI/c1-4-24-19(25-13-15-5-9-17(10-6-15)20(21,22)23)26-14-16-7-11-18(12-8-16)30(28,29)27(2)3;/h5-12H,4,13-14H2,1-3H3,(H2,24,25,26);1H. The highest BCUT2D eigenvalue weighted by Gasteiger charge is 2.29. The third-order valence-corrected chi connectivity index (χ3v) is 6.04. The van der Waals surface area contributed by atoms with E-state index in [0.717, 1.165) is 22.0 Å². The molecule has 0 atom stereocenters. The highest BCUT2D eigenvalue weighted by molar-refractivity contribution is 14.0. The van der Waals surface area contributed by atoms with E-state index in [9.17, 15) is 21.6 Å². The van der Waals surface area contributed by atoms with Crippen molar-refractivity contribution in [2.45, 2.75) is 31.1 Å². The van der Waals surface area contributed by atoms with Crippen molar-refractivity contribution < 1.29 is 21.6 Å². The summed E-state index contributed by atoms with van der Waals surface area (Å²) >= 11 is 0. The van der Waals surface area contributed by atoms with Crippen molar-refractivity contribution in [2.24, 2.45) is 4.99 Å². The van der Waals surface area contributed by atoms with Gasteiger partial charge in [0, 0.05) is 27.2 Å². The summed E-state index contributed by atoms with van der Waals surface area (Å²) in [6.45, 7) is 3.13. The third kappa shape index (κ3) is 7.96. The highest BCUT2D eigenvalue weighted by Crippen LogP contribution is 2.29. The van der Waals surface area contributed by atoms with E-state index in [4.69, 9.17) is 0 Å². The lowest BCUT2D eigenvalue weighted by atomic mass is 10.1. The second-order valence-corrected chi connectivity index (χ2v) is 8.83. The number of halogens is 4. The summed E-state index contributed by atoms with van der Waals surface area (Å²) in [7, 11) is -0.541. The van der Waals surface area contributed by atoms with E-state index in [2.05, 4.69) is 15.6 Å². The molecule has 172 valence electrons. The molecule has 0 heterocycles. The van der Waals surface area contributed by atoms with Crippen molar-refractivity contribution in [3.8, 4) is 0 Å². The Balaban J connectivity index is 0.00000480. The zero-order valence-electron chi connectivity index (χ0n) is 17.4. The zero-order chi connectivity index (χ0) is 22.4. The van der Waals surface area contributed by atoms with Gasteiger partial charge in [0.15, 0.2) is 5.96 Å². The van der Waals surface area contributed by atoms with Crippen LogP contribution in [0.25, 0.3) is 0 Å². The van der Waals surface area contributed by atoms with Gasteiger partial charge in [-0.3, -0.25) is 0 Å². The number of alkyl halides is 3. The summed E-state index contributed by atoms with van der Waals surface area (Å²) in [6, 6.07) is 11.4. The maximum atomic E-state index is 12.6. The topological polar surface area (TPSA) is 73.8 Å². The third-order valence-electron chi connectivity index (χ3n) is 4.21. The molecule has 0 unspecified atom stereocenters. The molecule has 0 bridgehead atoms. The van der Waals surface area contributed by atoms with Crippen LogP contribution in [0.2, 0.25) is 0 Å². The molecule has 0 aliphatic rings. The summed E-state index contributed by atoms with van der Waals surface area (Å²) in [5.41, 5.74) is 0.817. The lowest BCUT2D eigenvalue weighted by Crippen LogP contribution is -2.36. The van der Waals surface area contributed by atoms with Crippen LogP contribution in [-0.4, -0.2) is 39.3 Å². The average molecular weight is 570 g/mol. The van der Waals surface area contributed by atoms with E-state index < -0.39 is 21.8 Å². The molecule has 0 spiro atoms. The molecule has 0 radical (unpaired) electrons. The number of aliphatic imine (C=N–C) groups is 1. The van der Waals surface area contributed by atoms with Crippen molar-refractivity contribution in [3.05, 3.63) is 65.2 Å². The van der Waals surface area contributed by atoms with Crippen LogP contribution in [0.1, 0.15) is 23.6 Å². The molecule has 11 heteroatoms. The lowest BCUT2D eigenvalue weighted by molar-refractivity contribution is -0.137. The molecule has 0 saturated carbocycles. The van der Waals surface area contributed by atoms with E-state index in [1.165, 1.54) is 38.4 Å². The van der Waals surface area contributed by atoms with Gasteiger partial charge in [0.1, 0.15) is 0 Å². The molecule has 0 amide bonds. The van der Waals surface area contributed by atoms with Crippen molar-refractivity contribution in [1.82, 2.24) is 14.9 Å². The first kappa shape index (κ1) is 27.2. The number of hydrogen-bond acceptors (Lipinski definition) is 3. The number of nitrogens with one attached hydrogen (secondary N) is 2. The molecule has 2 aromatic carbocycles. The van der Waals surface area contributed by atoms with Gasteiger partial charge in [0.2, 0.25) is 10.0 Å². The van der Waals surface area contributed by atoms with Gasteiger partial charge in [-0.05, 0) is 42.3 Å². The number of benzene rings is 2. The van der Waals surface area contributed by atoms with Crippen molar-refractivity contribution in [3.63, 3.8) is 0 Å². The minimum atomic E-state index is -4.36. The number of nitrogens with zero attached hydrogens (tertiary/aromatic N) is 2. The van der Waals surface area contributed by atoms with E-state index in [-0.39, 0.29) is 28.9 Å². The number of rotatable bonds is 7. The first-order valence-electron chi connectivity index (χ1n) is 9.24. The van der Waals surface area contributed by atoms with Gasteiger partial charge in [-0.1, -0.05) is 24.3 Å². The Bertz CT molecular complexity index is 961. The van der Waals surface area contributed by atoms with Crippen LogP contribution in [0.15, 0.2) is 58.4 Å².